The lowest BCUT2D eigenvalue weighted by molar-refractivity contribution is 0.384. The first kappa shape index (κ1) is 25.0. The zero-order chi connectivity index (χ0) is 24.8. The van der Waals surface area contributed by atoms with Gasteiger partial charge in [0.15, 0.2) is 5.16 Å². The van der Waals surface area contributed by atoms with Crippen molar-refractivity contribution < 1.29 is 18.0 Å². The summed E-state index contributed by atoms with van der Waals surface area (Å²) in [6.45, 7) is 4.04. The van der Waals surface area contributed by atoms with E-state index in [1.165, 1.54) is 23.9 Å². The molecule has 0 bridgehead atoms. The summed E-state index contributed by atoms with van der Waals surface area (Å²) in [7, 11) is -3.79. The van der Waals surface area contributed by atoms with Crippen molar-refractivity contribution in [2.45, 2.75) is 31.1 Å². The summed E-state index contributed by atoms with van der Waals surface area (Å²) in [6.07, 6.45) is 1.83. The Labute approximate surface area is 209 Å². The molecule has 0 fully saturated rings. The lowest BCUT2D eigenvalue weighted by atomic mass is 10.00. The molecule has 0 spiro atoms. The highest BCUT2D eigenvalue weighted by Gasteiger charge is 2.33. The van der Waals surface area contributed by atoms with Crippen LogP contribution in [0.4, 0.5) is 4.39 Å². The molecule has 0 aliphatic rings. The van der Waals surface area contributed by atoms with E-state index in [1.54, 1.807) is 36.4 Å². The predicted octanol–water partition coefficient (Wildman–Crippen LogP) is 7.98. The Kier molecular flexibility index (Phi) is 7.89. The molecule has 1 heterocycles. The fourth-order valence-corrected chi connectivity index (χ4v) is 5.74. The first-order chi connectivity index (χ1) is 16.9. The number of para-hydroxylation sites is 2. The Morgan fingerprint density at radius 2 is 1.40 bits per heavy atom. The summed E-state index contributed by atoms with van der Waals surface area (Å²) < 4.78 is 40.1. The van der Waals surface area contributed by atoms with Gasteiger partial charge in [-0.05, 0) is 60.7 Å². The van der Waals surface area contributed by atoms with Gasteiger partial charge in [-0.2, -0.15) is 0 Å². The van der Waals surface area contributed by atoms with Crippen molar-refractivity contribution in [1.29, 1.82) is 0 Å². The molecule has 35 heavy (non-hydrogen) atoms. The van der Waals surface area contributed by atoms with Gasteiger partial charge >= 0.3 is 7.60 Å². The highest BCUT2D eigenvalue weighted by atomic mass is 32.2. The van der Waals surface area contributed by atoms with E-state index in [4.69, 9.17) is 19.0 Å². The summed E-state index contributed by atoms with van der Waals surface area (Å²) in [5, 5.41) is 0.583. The Balaban J connectivity index is 1.86. The number of nitrogens with zero attached hydrogens (tertiary/aromatic N) is 2. The second kappa shape index (κ2) is 11.1. The Hall–Kier alpha value is -3.15. The molecule has 1 aromatic heterocycles. The minimum Gasteiger partial charge on any atom is -0.416 e. The maximum absolute atomic E-state index is 14.3. The lowest BCUT2D eigenvalue weighted by Gasteiger charge is -2.23. The Morgan fingerprint density at radius 1 is 0.857 bits per heavy atom. The van der Waals surface area contributed by atoms with Crippen LogP contribution in [0.1, 0.15) is 31.0 Å². The van der Waals surface area contributed by atoms with Crippen LogP contribution in [-0.4, -0.2) is 16.2 Å². The van der Waals surface area contributed by atoms with E-state index < -0.39 is 7.60 Å². The SMILES string of the molecule is CSc1nc(-c2ccc(F)cc2)c(CP(=O)(Oc2ccccc2)Oc2ccccc2)c(C(C)C)n1. The Morgan fingerprint density at radius 3 is 1.89 bits per heavy atom. The predicted molar refractivity (Wildman–Crippen MR) is 139 cm³/mol. The molecule has 0 aliphatic heterocycles. The van der Waals surface area contributed by atoms with Crippen molar-refractivity contribution >= 4 is 19.4 Å². The first-order valence-electron chi connectivity index (χ1n) is 11.2. The van der Waals surface area contributed by atoms with Crippen molar-refractivity contribution in [1.82, 2.24) is 9.97 Å². The molecule has 0 aliphatic carbocycles. The van der Waals surface area contributed by atoms with Gasteiger partial charge < -0.3 is 9.05 Å². The largest absolute Gasteiger partial charge is 0.435 e. The van der Waals surface area contributed by atoms with Gasteiger partial charge in [-0.25, -0.2) is 18.9 Å². The maximum Gasteiger partial charge on any atom is 0.435 e. The van der Waals surface area contributed by atoms with Crippen molar-refractivity contribution in [2.75, 3.05) is 6.26 Å². The van der Waals surface area contributed by atoms with Gasteiger partial charge in [0.1, 0.15) is 23.5 Å². The summed E-state index contributed by atoms with van der Waals surface area (Å²) in [4.78, 5) is 9.47. The van der Waals surface area contributed by atoms with E-state index in [0.29, 0.717) is 33.5 Å². The molecule has 0 radical (unpaired) electrons. The van der Waals surface area contributed by atoms with E-state index in [2.05, 4.69) is 0 Å². The second-order valence-corrected chi connectivity index (χ2v) is 10.8. The molecule has 0 atom stereocenters. The van der Waals surface area contributed by atoms with E-state index in [-0.39, 0.29) is 17.9 Å². The summed E-state index contributed by atoms with van der Waals surface area (Å²) in [5.74, 6) is 0.537. The van der Waals surface area contributed by atoms with Gasteiger partial charge in [0, 0.05) is 11.1 Å². The highest BCUT2D eigenvalue weighted by molar-refractivity contribution is 7.98. The third kappa shape index (κ3) is 6.30. The molecule has 180 valence electrons. The van der Waals surface area contributed by atoms with Crippen LogP contribution < -0.4 is 9.05 Å². The number of rotatable bonds is 9. The zero-order valence-electron chi connectivity index (χ0n) is 19.7. The topological polar surface area (TPSA) is 61.3 Å². The molecule has 0 saturated heterocycles. The summed E-state index contributed by atoms with van der Waals surface area (Å²) >= 11 is 1.42. The van der Waals surface area contributed by atoms with E-state index >= 15 is 0 Å². The average Bonchev–Trinajstić information content (AvgIpc) is 2.85. The maximum atomic E-state index is 14.3. The fraction of sp³-hybridized carbons (Fsp3) is 0.185. The first-order valence-corrected chi connectivity index (χ1v) is 14.1. The average molecular weight is 509 g/mol. The minimum atomic E-state index is -3.79. The number of halogens is 1. The number of thioether (sulfide) groups is 1. The van der Waals surface area contributed by atoms with Crippen molar-refractivity contribution in [3.63, 3.8) is 0 Å². The molecule has 3 aromatic carbocycles. The quantitative estimate of drug-likeness (QED) is 0.130. The van der Waals surface area contributed by atoms with Gasteiger partial charge in [-0.1, -0.05) is 62.0 Å². The van der Waals surface area contributed by atoms with Gasteiger partial charge in [0.05, 0.1) is 11.4 Å². The summed E-state index contributed by atoms with van der Waals surface area (Å²) in [6, 6.07) is 24.0. The molecule has 8 heteroatoms. The van der Waals surface area contributed by atoms with Crippen LogP contribution in [0, 0.1) is 5.82 Å². The van der Waals surface area contributed by atoms with Crippen LogP contribution >= 0.6 is 19.4 Å². The monoisotopic (exact) mass is 508 g/mol. The highest BCUT2D eigenvalue weighted by Crippen LogP contribution is 2.53. The van der Waals surface area contributed by atoms with Crippen LogP contribution in [0.5, 0.6) is 11.5 Å². The normalized spacial score (nSPS) is 11.5. The van der Waals surface area contributed by atoms with E-state index in [9.17, 15) is 8.96 Å². The van der Waals surface area contributed by atoms with Gasteiger partial charge in [-0.3, -0.25) is 0 Å². The molecular weight excluding hydrogens is 482 g/mol. The second-order valence-electron chi connectivity index (χ2n) is 8.16. The van der Waals surface area contributed by atoms with E-state index in [1.807, 2.05) is 56.5 Å². The minimum absolute atomic E-state index is 0.0139. The molecule has 0 amide bonds. The van der Waals surface area contributed by atoms with Crippen LogP contribution in [-0.2, 0) is 10.7 Å². The molecule has 0 N–H and O–H groups in total. The van der Waals surface area contributed by atoms with Gasteiger partial charge in [0.2, 0.25) is 0 Å². The molecular formula is C27H26FN2O3PS. The van der Waals surface area contributed by atoms with Crippen LogP contribution in [0.2, 0.25) is 0 Å². The van der Waals surface area contributed by atoms with Gasteiger partial charge in [-0.15, -0.1) is 0 Å². The fourth-order valence-electron chi connectivity index (χ4n) is 3.61. The third-order valence-electron chi connectivity index (χ3n) is 5.19. The van der Waals surface area contributed by atoms with Gasteiger partial charge in [0.25, 0.3) is 0 Å². The standard InChI is InChI=1S/C27H26FN2O3PS/c1-19(2)25-24(26(30-27(29-25)35-3)20-14-16-21(28)17-15-20)18-34(31,32-22-10-6-4-7-11-22)33-23-12-8-5-9-13-23/h4-17,19H,18H2,1-3H3. The number of aromatic nitrogens is 2. The lowest BCUT2D eigenvalue weighted by Crippen LogP contribution is -2.11. The third-order valence-corrected chi connectivity index (χ3v) is 7.42. The van der Waals surface area contributed by atoms with Crippen molar-refractivity contribution in [3.8, 4) is 22.8 Å². The molecule has 0 saturated carbocycles. The smallest absolute Gasteiger partial charge is 0.416 e. The van der Waals surface area contributed by atoms with Crippen LogP contribution in [0.15, 0.2) is 90.1 Å². The van der Waals surface area contributed by atoms with Crippen molar-refractivity contribution in [3.05, 3.63) is 102 Å². The van der Waals surface area contributed by atoms with E-state index in [0.717, 1.165) is 5.69 Å². The Bertz CT molecular complexity index is 1270. The zero-order valence-corrected chi connectivity index (χ0v) is 21.4. The molecule has 5 nitrogen and oxygen atoms in total. The molecule has 4 aromatic rings. The molecule has 0 unspecified atom stereocenters. The number of hydrogen-bond donors (Lipinski definition) is 0. The van der Waals surface area contributed by atoms with Crippen LogP contribution in [0.25, 0.3) is 11.3 Å². The number of hydrogen-bond acceptors (Lipinski definition) is 6. The van der Waals surface area contributed by atoms with Crippen LogP contribution in [0.3, 0.4) is 0 Å². The molecule has 4 rings (SSSR count). The summed E-state index contributed by atoms with van der Waals surface area (Å²) in [5.41, 5.74) is 2.69. The number of benzene rings is 3. The van der Waals surface area contributed by atoms with Crippen molar-refractivity contribution in [2.24, 2.45) is 0 Å².